The molecule has 1 N–H and O–H groups in total. The number of carbonyl (C=O) groups excluding carboxylic acids is 1. The maximum Gasteiger partial charge on any atom is 0.252 e. The Morgan fingerprint density at radius 3 is 2.90 bits per heavy atom. The van der Waals surface area contributed by atoms with Gasteiger partial charge >= 0.3 is 0 Å². The fourth-order valence-corrected chi connectivity index (χ4v) is 2.11. The number of halogens is 1. The van der Waals surface area contributed by atoms with E-state index in [-0.39, 0.29) is 5.91 Å². The van der Waals surface area contributed by atoms with Gasteiger partial charge in [0.25, 0.3) is 5.91 Å². The summed E-state index contributed by atoms with van der Waals surface area (Å²) in [5.74, 6) is -0.189. The summed E-state index contributed by atoms with van der Waals surface area (Å²) in [5, 5.41) is 3.88. The first-order chi connectivity index (χ1) is 10.2. The van der Waals surface area contributed by atoms with E-state index in [1.165, 1.54) is 0 Å². The molecule has 0 bridgehead atoms. The van der Waals surface area contributed by atoms with E-state index < -0.39 is 0 Å². The molecule has 0 radical (unpaired) electrons. The summed E-state index contributed by atoms with van der Waals surface area (Å²) in [4.78, 5) is 16.4. The molecule has 0 spiro atoms. The lowest BCUT2D eigenvalue weighted by Gasteiger charge is -2.09. The fraction of sp³-hybridized carbons (Fsp3) is 0.333. The van der Waals surface area contributed by atoms with Crippen molar-refractivity contribution in [2.75, 3.05) is 33.5 Å². The van der Waals surface area contributed by atoms with E-state index in [1.807, 2.05) is 24.3 Å². The molecule has 21 heavy (non-hydrogen) atoms. The van der Waals surface area contributed by atoms with Crippen LogP contribution in [0.15, 0.2) is 30.3 Å². The summed E-state index contributed by atoms with van der Waals surface area (Å²) in [5.41, 5.74) is 1.22. The molecule has 1 heterocycles. The Kier molecular flexibility index (Phi) is 5.92. The lowest BCUT2D eigenvalue weighted by molar-refractivity contribution is 0.0693. The second kappa shape index (κ2) is 7.93. The number of hydrogen-bond acceptors (Lipinski definition) is 4. The van der Waals surface area contributed by atoms with Crippen molar-refractivity contribution in [1.82, 2.24) is 10.3 Å². The second-order valence-corrected chi connectivity index (χ2v) is 4.76. The highest BCUT2D eigenvalue weighted by molar-refractivity contribution is 6.30. The van der Waals surface area contributed by atoms with E-state index in [2.05, 4.69) is 10.3 Å². The molecule has 0 atom stereocenters. The minimum absolute atomic E-state index is 0.189. The number of carbonyl (C=O) groups is 1. The van der Waals surface area contributed by atoms with Crippen LogP contribution in [0.25, 0.3) is 10.9 Å². The molecular formula is C15H17ClN2O3. The zero-order valence-electron chi connectivity index (χ0n) is 11.8. The van der Waals surface area contributed by atoms with Gasteiger partial charge in [-0.15, -0.1) is 0 Å². The highest BCUT2D eigenvalue weighted by Gasteiger charge is 2.11. The van der Waals surface area contributed by atoms with Gasteiger partial charge in [0.2, 0.25) is 0 Å². The summed E-state index contributed by atoms with van der Waals surface area (Å²) in [7, 11) is 1.61. The molecule has 2 aromatic rings. The van der Waals surface area contributed by atoms with Crippen molar-refractivity contribution in [2.24, 2.45) is 0 Å². The van der Waals surface area contributed by atoms with Crippen molar-refractivity contribution in [1.29, 1.82) is 0 Å². The molecule has 0 aliphatic rings. The number of rotatable bonds is 7. The van der Waals surface area contributed by atoms with E-state index >= 15 is 0 Å². The van der Waals surface area contributed by atoms with Gasteiger partial charge in [-0.05, 0) is 12.1 Å². The van der Waals surface area contributed by atoms with Crippen LogP contribution in [0.3, 0.4) is 0 Å². The quantitative estimate of drug-likeness (QED) is 0.630. The van der Waals surface area contributed by atoms with Crippen molar-refractivity contribution >= 4 is 28.4 Å². The monoisotopic (exact) mass is 308 g/mol. The number of ether oxygens (including phenoxy) is 2. The largest absolute Gasteiger partial charge is 0.382 e. The molecule has 0 aliphatic carbocycles. The van der Waals surface area contributed by atoms with Gasteiger partial charge in [-0.3, -0.25) is 4.79 Å². The minimum Gasteiger partial charge on any atom is -0.382 e. The van der Waals surface area contributed by atoms with Crippen molar-refractivity contribution < 1.29 is 14.3 Å². The average Bonchev–Trinajstić information content (AvgIpc) is 2.49. The van der Waals surface area contributed by atoms with Crippen LogP contribution in [0.4, 0.5) is 0 Å². The van der Waals surface area contributed by atoms with Gasteiger partial charge in [-0.25, -0.2) is 4.98 Å². The SMILES string of the molecule is COCCOCCNC(=O)c1cc(Cl)nc2ccccc12. The number of nitrogens with one attached hydrogen (secondary N) is 1. The van der Waals surface area contributed by atoms with Crippen molar-refractivity contribution in [3.05, 3.63) is 41.0 Å². The number of nitrogens with zero attached hydrogens (tertiary/aromatic N) is 1. The molecule has 1 amide bonds. The number of pyridine rings is 1. The van der Waals surface area contributed by atoms with E-state index in [1.54, 1.807) is 13.2 Å². The Morgan fingerprint density at radius 1 is 1.29 bits per heavy atom. The highest BCUT2D eigenvalue weighted by atomic mass is 35.5. The third-order valence-corrected chi connectivity index (χ3v) is 3.09. The normalized spacial score (nSPS) is 10.8. The van der Waals surface area contributed by atoms with Gasteiger partial charge in [-0.1, -0.05) is 29.8 Å². The molecule has 1 aromatic carbocycles. The highest BCUT2D eigenvalue weighted by Crippen LogP contribution is 2.20. The first kappa shape index (κ1) is 15.7. The van der Waals surface area contributed by atoms with Crippen molar-refractivity contribution in [3.8, 4) is 0 Å². The third kappa shape index (κ3) is 4.39. The van der Waals surface area contributed by atoms with Gasteiger partial charge in [-0.2, -0.15) is 0 Å². The fourth-order valence-electron chi connectivity index (χ4n) is 1.91. The molecule has 0 saturated heterocycles. The van der Waals surface area contributed by atoms with E-state index in [4.69, 9.17) is 21.1 Å². The zero-order valence-corrected chi connectivity index (χ0v) is 12.5. The Balaban J connectivity index is 1.99. The average molecular weight is 309 g/mol. The molecule has 0 unspecified atom stereocenters. The predicted octanol–water partition coefficient (Wildman–Crippen LogP) is 2.28. The molecule has 1 aromatic heterocycles. The van der Waals surface area contributed by atoms with Crippen LogP contribution < -0.4 is 5.32 Å². The molecule has 0 fully saturated rings. The number of para-hydroxylation sites is 1. The van der Waals surface area contributed by atoms with E-state index in [9.17, 15) is 4.79 Å². The number of benzene rings is 1. The van der Waals surface area contributed by atoms with E-state index in [0.29, 0.717) is 42.6 Å². The molecule has 5 nitrogen and oxygen atoms in total. The van der Waals surface area contributed by atoms with Crippen LogP contribution in [0.2, 0.25) is 5.15 Å². The summed E-state index contributed by atoms with van der Waals surface area (Å²) < 4.78 is 10.2. The van der Waals surface area contributed by atoms with Crippen LogP contribution in [0, 0.1) is 0 Å². The van der Waals surface area contributed by atoms with Crippen LogP contribution in [-0.4, -0.2) is 44.4 Å². The maximum atomic E-state index is 12.2. The number of amides is 1. The van der Waals surface area contributed by atoms with Gasteiger partial charge in [0.15, 0.2) is 0 Å². The van der Waals surface area contributed by atoms with Crippen LogP contribution in [-0.2, 0) is 9.47 Å². The summed E-state index contributed by atoms with van der Waals surface area (Å²) in [6.45, 7) is 1.91. The Morgan fingerprint density at radius 2 is 2.10 bits per heavy atom. The lowest BCUT2D eigenvalue weighted by atomic mass is 10.1. The predicted molar refractivity (Wildman–Crippen MR) is 81.8 cm³/mol. The van der Waals surface area contributed by atoms with Gasteiger partial charge < -0.3 is 14.8 Å². The number of aromatic nitrogens is 1. The topological polar surface area (TPSA) is 60.5 Å². The van der Waals surface area contributed by atoms with Crippen molar-refractivity contribution in [3.63, 3.8) is 0 Å². The summed E-state index contributed by atoms with van der Waals surface area (Å²) in [6.07, 6.45) is 0. The maximum absolute atomic E-state index is 12.2. The second-order valence-electron chi connectivity index (χ2n) is 4.37. The first-order valence-corrected chi connectivity index (χ1v) is 7.00. The van der Waals surface area contributed by atoms with Gasteiger partial charge in [0, 0.05) is 19.0 Å². The Hall–Kier alpha value is -1.69. The van der Waals surface area contributed by atoms with Crippen LogP contribution in [0.1, 0.15) is 10.4 Å². The molecular weight excluding hydrogens is 292 g/mol. The molecule has 0 aliphatic heterocycles. The summed E-state index contributed by atoms with van der Waals surface area (Å²) >= 11 is 5.96. The number of fused-ring (bicyclic) bond motifs is 1. The van der Waals surface area contributed by atoms with Crippen LogP contribution in [0.5, 0.6) is 0 Å². The molecule has 2 rings (SSSR count). The van der Waals surface area contributed by atoms with Gasteiger partial charge in [0.1, 0.15) is 5.15 Å². The summed E-state index contributed by atoms with van der Waals surface area (Å²) in [6, 6.07) is 8.97. The number of methoxy groups -OCH3 is 1. The lowest BCUT2D eigenvalue weighted by Crippen LogP contribution is -2.27. The van der Waals surface area contributed by atoms with E-state index in [0.717, 1.165) is 5.39 Å². The van der Waals surface area contributed by atoms with Crippen molar-refractivity contribution in [2.45, 2.75) is 0 Å². The minimum atomic E-state index is -0.189. The third-order valence-electron chi connectivity index (χ3n) is 2.89. The van der Waals surface area contributed by atoms with Gasteiger partial charge in [0.05, 0.1) is 30.9 Å². The Bertz CT molecular complexity index is 619. The zero-order chi connectivity index (χ0) is 15.1. The Labute approximate surface area is 128 Å². The molecule has 0 saturated carbocycles. The smallest absolute Gasteiger partial charge is 0.252 e. The molecule has 6 heteroatoms. The number of hydrogen-bond donors (Lipinski definition) is 1. The van der Waals surface area contributed by atoms with Crippen LogP contribution >= 0.6 is 11.6 Å². The molecule has 112 valence electrons. The first-order valence-electron chi connectivity index (χ1n) is 6.62. The standard InChI is InChI=1S/C15H17ClN2O3/c1-20-8-9-21-7-6-17-15(19)12-10-14(16)18-13-5-3-2-4-11(12)13/h2-5,10H,6-9H2,1H3,(H,17,19).